The van der Waals surface area contributed by atoms with Crippen LogP contribution in [0.25, 0.3) is 0 Å². The van der Waals surface area contributed by atoms with Crippen molar-refractivity contribution in [2.24, 2.45) is 5.92 Å². The number of carbonyl (C=O) groups is 2. The fourth-order valence-electron chi connectivity index (χ4n) is 5.08. The van der Waals surface area contributed by atoms with E-state index in [4.69, 9.17) is 4.74 Å². The van der Waals surface area contributed by atoms with Crippen molar-refractivity contribution in [3.05, 3.63) is 0 Å². The van der Waals surface area contributed by atoms with Crippen LogP contribution in [0.4, 0.5) is 4.79 Å². The highest BCUT2D eigenvalue weighted by Crippen LogP contribution is 2.38. The Morgan fingerprint density at radius 1 is 1.27 bits per heavy atom. The van der Waals surface area contributed by atoms with Crippen LogP contribution in [0.15, 0.2) is 0 Å². The van der Waals surface area contributed by atoms with Crippen molar-refractivity contribution in [3.63, 3.8) is 0 Å². The van der Waals surface area contributed by atoms with Crippen LogP contribution in [-0.4, -0.2) is 66.2 Å². The van der Waals surface area contributed by atoms with Gasteiger partial charge in [0.1, 0.15) is 0 Å². The molecule has 3 unspecified atom stereocenters. The van der Waals surface area contributed by atoms with E-state index >= 15 is 0 Å². The van der Waals surface area contributed by atoms with Gasteiger partial charge in [-0.2, -0.15) is 0 Å². The van der Waals surface area contributed by atoms with Gasteiger partial charge in [0.25, 0.3) is 0 Å². The number of nitrogens with one attached hydrogen (secondary N) is 1. The average Bonchev–Trinajstić information content (AvgIpc) is 3.23. The number of rotatable bonds is 7. The van der Waals surface area contributed by atoms with E-state index in [0.717, 1.165) is 45.3 Å². The lowest BCUT2D eigenvalue weighted by Gasteiger charge is -2.37. The van der Waals surface area contributed by atoms with Crippen LogP contribution in [0.5, 0.6) is 0 Å². The van der Waals surface area contributed by atoms with Crippen molar-refractivity contribution in [3.8, 4) is 0 Å². The maximum atomic E-state index is 12.6. The number of fused-ring (bicyclic) bond motifs is 1. The van der Waals surface area contributed by atoms with Crippen molar-refractivity contribution in [1.82, 2.24) is 15.1 Å². The average molecular weight is 366 g/mol. The third kappa shape index (κ3) is 4.33. The molecule has 2 heterocycles. The van der Waals surface area contributed by atoms with Crippen molar-refractivity contribution in [2.45, 2.75) is 83.3 Å². The van der Waals surface area contributed by atoms with Gasteiger partial charge in [-0.1, -0.05) is 19.8 Å². The molecule has 0 radical (unpaired) electrons. The Hall–Kier alpha value is -1.30. The highest BCUT2D eigenvalue weighted by molar-refractivity contribution is 5.79. The van der Waals surface area contributed by atoms with Gasteiger partial charge in [0.2, 0.25) is 5.91 Å². The zero-order valence-electron chi connectivity index (χ0n) is 16.4. The number of hydrogen-bond donors (Lipinski definition) is 1. The number of nitrogens with zero attached hydrogens (tertiary/aromatic N) is 2. The second-order valence-electron chi connectivity index (χ2n) is 8.05. The third-order valence-corrected chi connectivity index (χ3v) is 6.44. The van der Waals surface area contributed by atoms with E-state index in [1.54, 1.807) is 4.90 Å². The maximum absolute atomic E-state index is 12.6. The molecule has 3 aliphatic rings. The smallest absolute Gasteiger partial charge is 0.409 e. The summed E-state index contributed by atoms with van der Waals surface area (Å²) in [6.45, 7) is 6.86. The number of hydrogen-bond acceptors (Lipinski definition) is 4. The Labute approximate surface area is 157 Å². The van der Waals surface area contributed by atoms with Gasteiger partial charge in [0.05, 0.1) is 6.61 Å². The Balaban J connectivity index is 1.45. The summed E-state index contributed by atoms with van der Waals surface area (Å²) in [5.74, 6) is 0.981. The molecule has 2 amide bonds. The molecular formula is C20H35N3O3. The number of ether oxygens (including phenoxy) is 1. The van der Waals surface area contributed by atoms with Gasteiger partial charge in [0, 0.05) is 37.6 Å². The molecule has 2 saturated heterocycles. The van der Waals surface area contributed by atoms with E-state index in [1.165, 1.54) is 25.7 Å². The van der Waals surface area contributed by atoms with Crippen molar-refractivity contribution < 1.29 is 14.3 Å². The minimum Gasteiger partial charge on any atom is -0.450 e. The van der Waals surface area contributed by atoms with Crippen molar-refractivity contribution in [1.29, 1.82) is 0 Å². The van der Waals surface area contributed by atoms with Crippen molar-refractivity contribution >= 4 is 12.0 Å². The van der Waals surface area contributed by atoms with Crippen LogP contribution >= 0.6 is 0 Å². The molecule has 0 aromatic heterocycles. The summed E-state index contributed by atoms with van der Waals surface area (Å²) >= 11 is 0. The van der Waals surface area contributed by atoms with E-state index in [2.05, 4.69) is 17.1 Å². The van der Waals surface area contributed by atoms with Crippen LogP contribution in [0.2, 0.25) is 0 Å². The molecule has 6 heteroatoms. The van der Waals surface area contributed by atoms with Gasteiger partial charge < -0.3 is 19.9 Å². The minimum atomic E-state index is -0.200. The summed E-state index contributed by atoms with van der Waals surface area (Å²) in [4.78, 5) is 28.4. The monoisotopic (exact) mass is 365 g/mol. The minimum absolute atomic E-state index is 0.200. The Morgan fingerprint density at radius 2 is 2.08 bits per heavy atom. The molecule has 2 aliphatic heterocycles. The highest BCUT2D eigenvalue weighted by atomic mass is 16.6. The van der Waals surface area contributed by atoms with E-state index in [0.29, 0.717) is 36.6 Å². The number of amides is 2. The molecule has 26 heavy (non-hydrogen) atoms. The summed E-state index contributed by atoms with van der Waals surface area (Å²) in [6, 6.07) is 1.19. The van der Waals surface area contributed by atoms with E-state index in [1.807, 2.05) is 6.92 Å². The van der Waals surface area contributed by atoms with Gasteiger partial charge in [0.15, 0.2) is 0 Å². The second kappa shape index (κ2) is 9.07. The zero-order chi connectivity index (χ0) is 18.5. The summed E-state index contributed by atoms with van der Waals surface area (Å²) in [5.41, 5.74) is 0. The number of likely N-dealkylation sites (tertiary alicyclic amines) is 2. The van der Waals surface area contributed by atoms with Crippen LogP contribution in [0, 0.1) is 5.92 Å². The Kier molecular flexibility index (Phi) is 6.79. The first-order valence-electron chi connectivity index (χ1n) is 10.6. The molecule has 1 N–H and O–H groups in total. The quantitative estimate of drug-likeness (QED) is 0.754. The largest absolute Gasteiger partial charge is 0.450 e. The van der Waals surface area contributed by atoms with E-state index in [-0.39, 0.29) is 6.09 Å². The second-order valence-corrected chi connectivity index (χ2v) is 8.05. The van der Waals surface area contributed by atoms with E-state index < -0.39 is 0 Å². The highest BCUT2D eigenvalue weighted by Gasteiger charge is 2.43. The lowest BCUT2D eigenvalue weighted by atomic mass is 9.84. The van der Waals surface area contributed by atoms with Crippen molar-refractivity contribution in [2.75, 3.05) is 26.2 Å². The first-order chi connectivity index (χ1) is 12.6. The molecule has 0 aromatic carbocycles. The molecular weight excluding hydrogens is 330 g/mol. The van der Waals surface area contributed by atoms with Gasteiger partial charge in [-0.25, -0.2) is 4.79 Å². The summed E-state index contributed by atoms with van der Waals surface area (Å²) < 4.78 is 5.08. The molecule has 3 fully saturated rings. The summed E-state index contributed by atoms with van der Waals surface area (Å²) in [6.07, 6.45) is 8.55. The zero-order valence-corrected chi connectivity index (χ0v) is 16.4. The van der Waals surface area contributed by atoms with Crippen LogP contribution in [0.1, 0.15) is 65.2 Å². The first-order valence-corrected chi connectivity index (χ1v) is 10.6. The topological polar surface area (TPSA) is 61.9 Å². The van der Waals surface area contributed by atoms with Crippen LogP contribution < -0.4 is 5.32 Å². The fourth-order valence-corrected chi connectivity index (χ4v) is 5.08. The Bertz CT molecular complexity index is 499. The lowest BCUT2D eigenvalue weighted by Crippen LogP contribution is -2.45. The van der Waals surface area contributed by atoms with Crippen LogP contribution in [0.3, 0.4) is 0 Å². The summed E-state index contributed by atoms with van der Waals surface area (Å²) in [5, 5.41) is 3.60. The first kappa shape index (κ1) is 19.5. The van der Waals surface area contributed by atoms with Crippen LogP contribution in [-0.2, 0) is 9.53 Å². The van der Waals surface area contributed by atoms with E-state index in [9.17, 15) is 9.59 Å². The predicted octanol–water partition coefficient (Wildman–Crippen LogP) is 2.77. The standard InChI is InChI=1S/C20H35N3O3/c1-3-17(23-18-8-6-5-7-15(18)13-19(23)24)9-11-21-16-10-12-22(14-16)20(25)26-4-2/h15-18,21H,3-14H2,1-2H3/t15-,16?,17?,18?/m1/s1. The molecule has 6 nitrogen and oxygen atoms in total. The van der Waals surface area contributed by atoms with Gasteiger partial charge >= 0.3 is 6.09 Å². The molecule has 0 spiro atoms. The third-order valence-electron chi connectivity index (χ3n) is 6.44. The molecule has 1 aliphatic carbocycles. The SMILES string of the molecule is CCOC(=O)N1CCC(NCCC(CC)N2C(=O)C[C@H]3CCCCC32)C1. The normalized spacial score (nSPS) is 29.8. The van der Waals surface area contributed by atoms with Gasteiger partial charge in [-0.15, -0.1) is 0 Å². The fraction of sp³-hybridized carbons (Fsp3) is 0.900. The number of carbonyl (C=O) groups excluding carboxylic acids is 2. The Morgan fingerprint density at radius 3 is 2.85 bits per heavy atom. The molecule has 3 rings (SSSR count). The van der Waals surface area contributed by atoms with Gasteiger partial charge in [-0.3, -0.25) is 4.79 Å². The maximum Gasteiger partial charge on any atom is 0.409 e. The predicted molar refractivity (Wildman–Crippen MR) is 101 cm³/mol. The molecule has 148 valence electrons. The molecule has 0 bridgehead atoms. The molecule has 4 atom stereocenters. The summed E-state index contributed by atoms with van der Waals surface area (Å²) in [7, 11) is 0. The lowest BCUT2D eigenvalue weighted by molar-refractivity contribution is -0.131. The van der Waals surface area contributed by atoms with Gasteiger partial charge in [-0.05, 0) is 51.5 Å². The molecule has 1 saturated carbocycles. The molecule has 0 aromatic rings.